The highest BCUT2D eigenvalue weighted by molar-refractivity contribution is 7.15. The third-order valence-electron chi connectivity index (χ3n) is 6.54. The van der Waals surface area contributed by atoms with E-state index < -0.39 is 0 Å². The van der Waals surface area contributed by atoms with Crippen LogP contribution in [0.2, 0.25) is 0 Å². The van der Waals surface area contributed by atoms with Gasteiger partial charge in [0.2, 0.25) is 11.8 Å². The van der Waals surface area contributed by atoms with Crippen molar-refractivity contribution in [3.63, 3.8) is 0 Å². The Morgan fingerprint density at radius 1 is 1.16 bits per heavy atom. The first kappa shape index (κ1) is 21.8. The number of anilines is 1. The van der Waals surface area contributed by atoms with E-state index in [9.17, 15) is 9.59 Å². The van der Waals surface area contributed by atoms with Crippen LogP contribution in [0.5, 0.6) is 0 Å². The van der Waals surface area contributed by atoms with E-state index in [4.69, 9.17) is 4.98 Å². The number of amides is 2. The quantitative estimate of drug-likeness (QED) is 0.775. The number of nitrogens with one attached hydrogen (secondary N) is 1. The molecule has 0 unspecified atom stereocenters. The molecule has 0 bridgehead atoms. The monoisotopic (exact) mass is 440 g/mol. The van der Waals surface area contributed by atoms with Crippen LogP contribution in [0.4, 0.5) is 5.13 Å². The number of aromatic nitrogens is 1. The van der Waals surface area contributed by atoms with E-state index >= 15 is 0 Å². The first-order chi connectivity index (χ1) is 14.9. The highest BCUT2D eigenvalue weighted by atomic mass is 32.1. The average molecular weight is 441 g/mol. The van der Waals surface area contributed by atoms with Crippen LogP contribution in [-0.4, -0.2) is 47.9 Å². The normalized spacial score (nSPS) is 18.6. The summed E-state index contributed by atoms with van der Waals surface area (Å²) in [5, 5.41) is 4.18. The number of thiazole rings is 1. The summed E-state index contributed by atoms with van der Waals surface area (Å²) in [5.41, 5.74) is 4.83. The third-order valence-corrected chi connectivity index (χ3v) is 7.72. The molecule has 2 amide bonds. The van der Waals surface area contributed by atoms with Crippen LogP contribution in [0.25, 0.3) is 0 Å². The van der Waals surface area contributed by atoms with Crippen molar-refractivity contribution >= 4 is 28.3 Å². The van der Waals surface area contributed by atoms with Crippen LogP contribution in [0.15, 0.2) is 18.2 Å². The second-order valence-electron chi connectivity index (χ2n) is 8.66. The Kier molecular flexibility index (Phi) is 6.60. The lowest BCUT2D eigenvalue weighted by atomic mass is 9.90. The average Bonchev–Trinajstić information content (AvgIpc) is 3.22. The van der Waals surface area contributed by atoms with Gasteiger partial charge in [-0.1, -0.05) is 25.1 Å². The largest absolute Gasteiger partial charge is 0.352 e. The molecule has 1 aromatic carbocycles. The predicted octanol–water partition coefficient (Wildman–Crippen LogP) is 3.24. The molecule has 31 heavy (non-hydrogen) atoms. The Morgan fingerprint density at radius 2 is 1.94 bits per heavy atom. The molecule has 1 aromatic heterocycles. The molecule has 1 aliphatic heterocycles. The van der Waals surface area contributed by atoms with Gasteiger partial charge in [-0.2, -0.15) is 0 Å². The Balaban J connectivity index is 1.32. The number of rotatable bonds is 5. The van der Waals surface area contributed by atoms with Gasteiger partial charge in [-0.05, 0) is 49.8 Å². The number of nitrogens with zero attached hydrogens (tertiary/aromatic N) is 3. The summed E-state index contributed by atoms with van der Waals surface area (Å²) in [7, 11) is 0. The third kappa shape index (κ3) is 4.92. The van der Waals surface area contributed by atoms with Crippen LogP contribution < -0.4 is 10.2 Å². The Bertz CT molecular complexity index is 962. The highest BCUT2D eigenvalue weighted by Gasteiger charge is 2.29. The van der Waals surface area contributed by atoms with Crippen molar-refractivity contribution in [2.24, 2.45) is 5.92 Å². The van der Waals surface area contributed by atoms with E-state index in [0.29, 0.717) is 13.0 Å². The fourth-order valence-corrected chi connectivity index (χ4v) is 5.58. The zero-order valence-corrected chi connectivity index (χ0v) is 19.6. The maximum Gasteiger partial charge on any atom is 0.223 e. The summed E-state index contributed by atoms with van der Waals surface area (Å²) in [5.74, 6) is 0.393. The summed E-state index contributed by atoms with van der Waals surface area (Å²) in [6.45, 7) is 9.89. The molecular formula is C24H32N4O2S. The smallest absolute Gasteiger partial charge is 0.223 e. The molecule has 0 spiro atoms. The van der Waals surface area contributed by atoms with Crippen molar-refractivity contribution < 1.29 is 9.59 Å². The molecule has 6 nitrogen and oxygen atoms in total. The summed E-state index contributed by atoms with van der Waals surface area (Å²) >= 11 is 1.73. The van der Waals surface area contributed by atoms with Gasteiger partial charge in [-0.15, -0.1) is 11.3 Å². The van der Waals surface area contributed by atoms with Crippen molar-refractivity contribution in [2.75, 3.05) is 31.1 Å². The van der Waals surface area contributed by atoms with Gasteiger partial charge in [-0.25, -0.2) is 4.98 Å². The molecule has 0 saturated carbocycles. The van der Waals surface area contributed by atoms with Crippen LogP contribution >= 0.6 is 11.3 Å². The SMILES string of the molecule is CCC(=O)N1CCN(c2nc3c(s2)C[C@@H](C(=O)NCc2ccc(C)c(C)c2)CC3)CC1. The lowest BCUT2D eigenvalue weighted by molar-refractivity contribution is -0.131. The maximum absolute atomic E-state index is 12.8. The molecule has 1 fully saturated rings. The van der Waals surface area contributed by atoms with Crippen LogP contribution in [-0.2, 0) is 29.0 Å². The minimum Gasteiger partial charge on any atom is -0.352 e. The lowest BCUT2D eigenvalue weighted by Crippen LogP contribution is -2.48. The predicted molar refractivity (Wildman–Crippen MR) is 124 cm³/mol. The highest BCUT2D eigenvalue weighted by Crippen LogP contribution is 2.34. The van der Waals surface area contributed by atoms with E-state index in [2.05, 4.69) is 42.3 Å². The van der Waals surface area contributed by atoms with Gasteiger partial charge < -0.3 is 15.1 Å². The van der Waals surface area contributed by atoms with Gasteiger partial charge in [0, 0.05) is 49.9 Å². The molecule has 2 heterocycles. The first-order valence-corrected chi connectivity index (χ1v) is 12.1. The molecule has 166 valence electrons. The molecule has 0 radical (unpaired) electrons. The van der Waals surface area contributed by atoms with Gasteiger partial charge in [0.25, 0.3) is 0 Å². The Hall–Kier alpha value is -2.41. The molecule has 1 N–H and O–H groups in total. The molecule has 1 aliphatic carbocycles. The van der Waals surface area contributed by atoms with Crippen LogP contribution in [0.3, 0.4) is 0 Å². The van der Waals surface area contributed by atoms with Gasteiger partial charge >= 0.3 is 0 Å². The summed E-state index contributed by atoms with van der Waals surface area (Å²) in [6, 6.07) is 6.35. The van der Waals surface area contributed by atoms with Gasteiger partial charge in [0.15, 0.2) is 5.13 Å². The van der Waals surface area contributed by atoms with Crippen molar-refractivity contribution in [2.45, 2.75) is 53.0 Å². The molecule has 1 atom stereocenters. The van der Waals surface area contributed by atoms with Gasteiger partial charge in [0.05, 0.1) is 5.69 Å². The van der Waals surface area contributed by atoms with E-state index in [-0.39, 0.29) is 17.7 Å². The number of carbonyl (C=O) groups is 2. The standard InChI is InChI=1S/C24H32N4O2S/c1-4-22(29)27-9-11-28(12-10-27)24-26-20-8-7-19(14-21(20)31-24)23(30)25-15-18-6-5-16(2)17(3)13-18/h5-6,13,19H,4,7-12,14-15H2,1-3H3,(H,25,30)/t19-/m0/s1. The molecule has 7 heteroatoms. The number of aryl methyl sites for hydroxylation is 3. The number of hydrogen-bond donors (Lipinski definition) is 1. The number of fused-ring (bicyclic) bond motifs is 1. The lowest BCUT2D eigenvalue weighted by Gasteiger charge is -2.34. The summed E-state index contributed by atoms with van der Waals surface area (Å²) in [4.78, 5) is 35.1. The minimum absolute atomic E-state index is 0.0198. The second kappa shape index (κ2) is 9.39. The number of carbonyl (C=O) groups excluding carboxylic acids is 2. The topological polar surface area (TPSA) is 65.5 Å². The summed E-state index contributed by atoms with van der Waals surface area (Å²) in [6.07, 6.45) is 3.06. The van der Waals surface area contributed by atoms with Gasteiger partial charge in [-0.3, -0.25) is 9.59 Å². The summed E-state index contributed by atoms with van der Waals surface area (Å²) < 4.78 is 0. The van der Waals surface area contributed by atoms with Crippen LogP contribution in [0, 0.1) is 19.8 Å². The zero-order chi connectivity index (χ0) is 22.0. The van der Waals surface area contributed by atoms with Crippen LogP contribution in [0.1, 0.15) is 47.0 Å². The number of hydrogen-bond acceptors (Lipinski definition) is 5. The fraction of sp³-hybridized carbons (Fsp3) is 0.542. The second-order valence-corrected chi connectivity index (χ2v) is 9.73. The fourth-order valence-electron chi connectivity index (χ4n) is 4.34. The van der Waals surface area contributed by atoms with E-state index in [1.165, 1.54) is 16.0 Å². The molecule has 4 rings (SSSR count). The number of piperazine rings is 1. The molecule has 1 saturated heterocycles. The molecular weight excluding hydrogens is 408 g/mol. The maximum atomic E-state index is 12.8. The Labute approximate surface area is 188 Å². The first-order valence-electron chi connectivity index (χ1n) is 11.3. The van der Waals surface area contributed by atoms with Crippen molar-refractivity contribution in [1.29, 1.82) is 0 Å². The van der Waals surface area contributed by atoms with Crippen molar-refractivity contribution in [3.05, 3.63) is 45.5 Å². The minimum atomic E-state index is 0.0198. The van der Waals surface area contributed by atoms with E-state index in [0.717, 1.165) is 61.8 Å². The Morgan fingerprint density at radius 3 is 2.65 bits per heavy atom. The van der Waals surface area contributed by atoms with E-state index in [1.807, 2.05) is 11.8 Å². The molecule has 2 aromatic rings. The van der Waals surface area contributed by atoms with Gasteiger partial charge in [0.1, 0.15) is 0 Å². The zero-order valence-electron chi connectivity index (χ0n) is 18.7. The molecule has 2 aliphatic rings. The number of benzene rings is 1. The van der Waals surface area contributed by atoms with E-state index in [1.54, 1.807) is 11.3 Å². The van der Waals surface area contributed by atoms with Crippen molar-refractivity contribution in [1.82, 2.24) is 15.2 Å². The van der Waals surface area contributed by atoms with Crippen molar-refractivity contribution in [3.8, 4) is 0 Å².